The predicted molar refractivity (Wildman–Crippen MR) is 65.4 cm³/mol. The number of carboxylic acid groups (broad SMARTS) is 1. The number of anilines is 1. The second-order valence-electron chi connectivity index (χ2n) is 4.21. The van der Waals surface area contributed by atoms with Crippen LogP contribution in [-0.2, 0) is 4.79 Å². The quantitative estimate of drug-likeness (QED) is 0.646. The van der Waals surface area contributed by atoms with Gasteiger partial charge in [-0.05, 0) is 25.0 Å². The van der Waals surface area contributed by atoms with Crippen molar-refractivity contribution in [3.05, 3.63) is 23.9 Å². The van der Waals surface area contributed by atoms with Gasteiger partial charge in [0.15, 0.2) is 5.69 Å². The van der Waals surface area contributed by atoms with Gasteiger partial charge in [-0.15, -0.1) is 0 Å². The second kappa shape index (κ2) is 5.48. The van der Waals surface area contributed by atoms with Gasteiger partial charge in [0, 0.05) is 19.0 Å². The monoisotopic (exact) mass is 249 g/mol. The Balaban J connectivity index is 1.74. The first kappa shape index (κ1) is 12.3. The van der Waals surface area contributed by atoms with E-state index in [1.54, 1.807) is 12.1 Å². The van der Waals surface area contributed by atoms with Crippen LogP contribution in [0.1, 0.15) is 23.3 Å². The molecule has 1 aliphatic rings. The lowest BCUT2D eigenvalue weighted by molar-refractivity contribution is -0.122. The number of nitrogens with zero attached hydrogens (tertiary/aromatic N) is 1. The van der Waals surface area contributed by atoms with Crippen LogP contribution in [-0.4, -0.2) is 35.1 Å². The van der Waals surface area contributed by atoms with Gasteiger partial charge >= 0.3 is 5.97 Å². The summed E-state index contributed by atoms with van der Waals surface area (Å²) in [6.07, 6.45) is 1.98. The maximum Gasteiger partial charge on any atom is 0.354 e. The fraction of sp³-hybridized carbons (Fsp3) is 0.417. The van der Waals surface area contributed by atoms with Crippen LogP contribution in [0, 0.1) is 5.92 Å². The average Bonchev–Trinajstić information content (AvgIpc) is 3.19. The van der Waals surface area contributed by atoms with Crippen molar-refractivity contribution in [2.75, 3.05) is 18.4 Å². The first-order valence-corrected chi connectivity index (χ1v) is 5.89. The van der Waals surface area contributed by atoms with Crippen molar-refractivity contribution < 1.29 is 14.7 Å². The zero-order valence-corrected chi connectivity index (χ0v) is 9.85. The van der Waals surface area contributed by atoms with E-state index < -0.39 is 5.97 Å². The molecule has 0 saturated heterocycles. The van der Waals surface area contributed by atoms with E-state index in [-0.39, 0.29) is 17.5 Å². The first-order chi connectivity index (χ1) is 8.66. The number of amides is 1. The minimum atomic E-state index is -1.05. The highest BCUT2D eigenvalue weighted by Gasteiger charge is 2.28. The number of pyridine rings is 1. The van der Waals surface area contributed by atoms with E-state index in [1.165, 1.54) is 6.07 Å². The fourth-order valence-electron chi connectivity index (χ4n) is 1.52. The topological polar surface area (TPSA) is 91.3 Å². The zero-order valence-electron chi connectivity index (χ0n) is 9.85. The molecule has 18 heavy (non-hydrogen) atoms. The van der Waals surface area contributed by atoms with Crippen molar-refractivity contribution >= 4 is 17.7 Å². The Morgan fingerprint density at radius 2 is 2.11 bits per heavy atom. The lowest BCUT2D eigenvalue weighted by Crippen LogP contribution is -2.30. The molecule has 1 aliphatic carbocycles. The number of hydrogen-bond acceptors (Lipinski definition) is 4. The Kier molecular flexibility index (Phi) is 3.76. The van der Waals surface area contributed by atoms with E-state index in [2.05, 4.69) is 15.6 Å². The number of nitrogens with one attached hydrogen (secondary N) is 2. The minimum Gasteiger partial charge on any atom is -0.477 e. The highest BCUT2D eigenvalue weighted by Crippen LogP contribution is 2.28. The molecule has 1 heterocycles. The summed E-state index contributed by atoms with van der Waals surface area (Å²) in [5.41, 5.74) is 0.00187. The van der Waals surface area contributed by atoms with Crippen molar-refractivity contribution in [1.29, 1.82) is 0 Å². The first-order valence-electron chi connectivity index (χ1n) is 5.89. The molecule has 0 aliphatic heterocycles. The largest absolute Gasteiger partial charge is 0.477 e. The molecule has 1 aromatic rings. The molecule has 0 spiro atoms. The Morgan fingerprint density at radius 1 is 1.33 bits per heavy atom. The molecule has 96 valence electrons. The highest BCUT2D eigenvalue weighted by atomic mass is 16.4. The SMILES string of the molecule is O=C(O)c1cccc(NCCNC(=O)C2CC2)n1. The van der Waals surface area contributed by atoms with Crippen LogP contribution in [0.3, 0.4) is 0 Å². The van der Waals surface area contributed by atoms with Crippen LogP contribution in [0.5, 0.6) is 0 Å². The predicted octanol–water partition coefficient (Wildman–Crippen LogP) is 0.718. The number of aromatic carboxylic acids is 1. The maximum atomic E-state index is 11.3. The van der Waals surface area contributed by atoms with E-state index in [4.69, 9.17) is 5.11 Å². The third kappa shape index (κ3) is 3.44. The van der Waals surface area contributed by atoms with Gasteiger partial charge in [-0.3, -0.25) is 4.79 Å². The number of aromatic nitrogens is 1. The summed E-state index contributed by atoms with van der Waals surface area (Å²) in [5.74, 6) is -0.251. The summed E-state index contributed by atoms with van der Waals surface area (Å²) < 4.78 is 0. The van der Waals surface area contributed by atoms with E-state index in [9.17, 15) is 9.59 Å². The standard InChI is InChI=1S/C12H15N3O3/c16-11(8-4-5-8)14-7-6-13-10-3-1-2-9(15-10)12(17)18/h1-3,8H,4-7H2,(H,13,15)(H,14,16)(H,17,18). The van der Waals surface area contributed by atoms with Crippen LogP contribution in [0.15, 0.2) is 18.2 Å². The van der Waals surface area contributed by atoms with Crippen molar-refractivity contribution in [2.24, 2.45) is 5.92 Å². The molecule has 1 aromatic heterocycles. The van der Waals surface area contributed by atoms with Gasteiger partial charge in [-0.25, -0.2) is 9.78 Å². The smallest absolute Gasteiger partial charge is 0.354 e. The molecule has 0 radical (unpaired) electrons. The lowest BCUT2D eigenvalue weighted by atomic mass is 10.3. The number of rotatable bonds is 6. The van der Waals surface area contributed by atoms with E-state index in [0.29, 0.717) is 18.9 Å². The van der Waals surface area contributed by atoms with Crippen molar-refractivity contribution in [2.45, 2.75) is 12.8 Å². The Bertz CT molecular complexity index is 458. The van der Waals surface area contributed by atoms with Gasteiger partial charge in [-0.1, -0.05) is 6.07 Å². The molecule has 1 amide bonds. The van der Waals surface area contributed by atoms with Crippen molar-refractivity contribution in [1.82, 2.24) is 10.3 Å². The van der Waals surface area contributed by atoms with Gasteiger partial charge in [0.1, 0.15) is 5.82 Å². The Morgan fingerprint density at radius 3 is 2.78 bits per heavy atom. The number of carboxylic acids is 1. The van der Waals surface area contributed by atoms with Gasteiger partial charge in [-0.2, -0.15) is 0 Å². The van der Waals surface area contributed by atoms with Crippen molar-refractivity contribution in [3.8, 4) is 0 Å². The molecule has 6 heteroatoms. The molecule has 6 nitrogen and oxygen atoms in total. The molecular weight excluding hydrogens is 234 g/mol. The molecule has 2 rings (SSSR count). The van der Waals surface area contributed by atoms with Crippen molar-refractivity contribution in [3.63, 3.8) is 0 Å². The summed E-state index contributed by atoms with van der Waals surface area (Å²) >= 11 is 0. The molecule has 0 bridgehead atoms. The fourth-order valence-corrected chi connectivity index (χ4v) is 1.52. The highest BCUT2D eigenvalue weighted by molar-refractivity contribution is 5.85. The minimum absolute atomic E-state index is 0.00187. The Hall–Kier alpha value is -2.11. The molecular formula is C12H15N3O3. The molecule has 1 fully saturated rings. The summed E-state index contributed by atoms with van der Waals surface area (Å²) in [6.45, 7) is 1.03. The summed E-state index contributed by atoms with van der Waals surface area (Å²) in [6, 6.07) is 4.75. The van der Waals surface area contributed by atoms with Gasteiger partial charge in [0.25, 0.3) is 0 Å². The van der Waals surface area contributed by atoms with Gasteiger partial charge in [0.05, 0.1) is 0 Å². The number of carbonyl (C=O) groups is 2. The third-order valence-corrected chi connectivity index (χ3v) is 2.65. The van der Waals surface area contributed by atoms with E-state index in [0.717, 1.165) is 12.8 Å². The number of hydrogen-bond donors (Lipinski definition) is 3. The molecule has 3 N–H and O–H groups in total. The van der Waals surface area contributed by atoms with Crippen LogP contribution in [0.25, 0.3) is 0 Å². The second-order valence-corrected chi connectivity index (χ2v) is 4.21. The number of carbonyl (C=O) groups excluding carboxylic acids is 1. The zero-order chi connectivity index (χ0) is 13.0. The van der Waals surface area contributed by atoms with Crippen LogP contribution in [0.4, 0.5) is 5.82 Å². The van der Waals surface area contributed by atoms with E-state index in [1.807, 2.05) is 0 Å². The van der Waals surface area contributed by atoms with Crippen LogP contribution in [0.2, 0.25) is 0 Å². The summed E-state index contributed by atoms with van der Waals surface area (Å²) in [7, 11) is 0. The normalized spacial score (nSPS) is 14.0. The average molecular weight is 249 g/mol. The summed E-state index contributed by atoms with van der Waals surface area (Å²) in [5, 5.41) is 14.5. The van der Waals surface area contributed by atoms with Crippen LogP contribution < -0.4 is 10.6 Å². The Labute approximate surface area is 104 Å². The van der Waals surface area contributed by atoms with Gasteiger partial charge in [0.2, 0.25) is 5.91 Å². The molecule has 1 saturated carbocycles. The lowest BCUT2D eigenvalue weighted by Gasteiger charge is -2.07. The third-order valence-electron chi connectivity index (χ3n) is 2.65. The molecule has 0 aromatic carbocycles. The van der Waals surface area contributed by atoms with Gasteiger partial charge < -0.3 is 15.7 Å². The van der Waals surface area contributed by atoms with E-state index >= 15 is 0 Å². The summed E-state index contributed by atoms with van der Waals surface area (Å²) in [4.78, 5) is 25.9. The maximum absolute atomic E-state index is 11.3. The molecule has 0 atom stereocenters. The molecule has 0 unspecified atom stereocenters. The van der Waals surface area contributed by atoms with Crippen LogP contribution >= 0.6 is 0 Å².